The van der Waals surface area contributed by atoms with Gasteiger partial charge in [-0.25, -0.2) is 0 Å². The van der Waals surface area contributed by atoms with Gasteiger partial charge in [-0.05, 0) is 25.7 Å². The van der Waals surface area contributed by atoms with E-state index in [0.717, 1.165) is 25.7 Å². The summed E-state index contributed by atoms with van der Waals surface area (Å²) in [4.78, 5) is 10.8. The molecule has 0 atom stereocenters. The van der Waals surface area contributed by atoms with Crippen molar-refractivity contribution >= 4 is 35.5 Å². The van der Waals surface area contributed by atoms with E-state index in [1.54, 1.807) is 0 Å². The van der Waals surface area contributed by atoms with Crippen molar-refractivity contribution in [1.82, 2.24) is 0 Å². The minimum atomic E-state index is -0.329. The second kappa shape index (κ2) is 6.02. The SMILES string of the molecule is CC(=O)OC1(CN)CCCCC1.[Na]. The van der Waals surface area contributed by atoms with Crippen LogP contribution >= 0.6 is 0 Å². The van der Waals surface area contributed by atoms with Crippen LogP contribution in [0.25, 0.3) is 0 Å². The van der Waals surface area contributed by atoms with E-state index in [-0.39, 0.29) is 41.1 Å². The van der Waals surface area contributed by atoms with Crippen molar-refractivity contribution < 1.29 is 9.53 Å². The Morgan fingerprint density at radius 2 is 1.92 bits per heavy atom. The molecule has 0 aromatic heterocycles. The molecule has 0 bridgehead atoms. The summed E-state index contributed by atoms with van der Waals surface area (Å²) in [7, 11) is 0. The van der Waals surface area contributed by atoms with Crippen molar-refractivity contribution in [2.45, 2.75) is 44.6 Å². The minimum Gasteiger partial charge on any atom is -0.458 e. The van der Waals surface area contributed by atoms with Gasteiger partial charge >= 0.3 is 5.97 Å². The van der Waals surface area contributed by atoms with Crippen LogP contribution in [0.4, 0.5) is 0 Å². The molecule has 0 spiro atoms. The van der Waals surface area contributed by atoms with Crippen LogP contribution in [-0.4, -0.2) is 47.7 Å². The van der Waals surface area contributed by atoms with Gasteiger partial charge in [0.2, 0.25) is 0 Å². The number of hydrogen-bond acceptors (Lipinski definition) is 3. The maximum Gasteiger partial charge on any atom is 0.303 e. The average molecular weight is 194 g/mol. The van der Waals surface area contributed by atoms with Gasteiger partial charge in [0, 0.05) is 43.0 Å². The molecule has 1 radical (unpaired) electrons. The first-order valence-corrected chi connectivity index (χ1v) is 4.58. The molecule has 71 valence electrons. The number of nitrogens with two attached hydrogens (primary N) is 1. The third-order valence-electron chi connectivity index (χ3n) is 2.50. The second-order valence-corrected chi connectivity index (χ2v) is 3.54. The monoisotopic (exact) mass is 194 g/mol. The average Bonchev–Trinajstić information content (AvgIpc) is 2.05. The molecule has 0 unspecified atom stereocenters. The van der Waals surface area contributed by atoms with Crippen LogP contribution in [-0.2, 0) is 9.53 Å². The van der Waals surface area contributed by atoms with Crippen molar-refractivity contribution in [2.75, 3.05) is 6.54 Å². The maximum absolute atomic E-state index is 10.8. The molecule has 0 amide bonds. The van der Waals surface area contributed by atoms with Gasteiger partial charge in [-0.1, -0.05) is 6.42 Å². The molecule has 13 heavy (non-hydrogen) atoms. The van der Waals surface area contributed by atoms with Gasteiger partial charge in [0.15, 0.2) is 0 Å². The van der Waals surface area contributed by atoms with Crippen LogP contribution < -0.4 is 5.73 Å². The second-order valence-electron chi connectivity index (χ2n) is 3.54. The molecule has 1 rings (SSSR count). The van der Waals surface area contributed by atoms with E-state index >= 15 is 0 Å². The van der Waals surface area contributed by atoms with Crippen LogP contribution in [0.15, 0.2) is 0 Å². The van der Waals surface area contributed by atoms with E-state index in [2.05, 4.69) is 0 Å². The molecule has 0 aliphatic heterocycles. The number of rotatable bonds is 2. The smallest absolute Gasteiger partial charge is 0.303 e. The van der Waals surface area contributed by atoms with Crippen LogP contribution in [0, 0.1) is 0 Å². The Bertz CT molecular complexity index is 167. The van der Waals surface area contributed by atoms with Crippen LogP contribution in [0.1, 0.15) is 39.0 Å². The van der Waals surface area contributed by atoms with Gasteiger partial charge in [0.05, 0.1) is 0 Å². The van der Waals surface area contributed by atoms with Gasteiger partial charge in [0.1, 0.15) is 5.60 Å². The van der Waals surface area contributed by atoms with Gasteiger partial charge in [-0.15, -0.1) is 0 Å². The predicted octanol–water partition coefficient (Wildman–Crippen LogP) is 0.830. The molecule has 1 aliphatic rings. The van der Waals surface area contributed by atoms with Gasteiger partial charge in [-0.2, -0.15) is 0 Å². The van der Waals surface area contributed by atoms with E-state index in [9.17, 15) is 4.79 Å². The van der Waals surface area contributed by atoms with Gasteiger partial charge in [0.25, 0.3) is 0 Å². The van der Waals surface area contributed by atoms with Crippen molar-refractivity contribution in [3.63, 3.8) is 0 Å². The molecule has 1 saturated carbocycles. The first-order valence-electron chi connectivity index (χ1n) is 4.58. The van der Waals surface area contributed by atoms with Crippen molar-refractivity contribution in [2.24, 2.45) is 5.73 Å². The number of carbonyl (C=O) groups is 1. The third-order valence-corrected chi connectivity index (χ3v) is 2.50. The Kier molecular flexibility index (Phi) is 6.21. The molecule has 0 aromatic rings. The Labute approximate surface area is 102 Å². The zero-order valence-electron chi connectivity index (χ0n) is 8.64. The quantitative estimate of drug-likeness (QED) is 0.523. The molecule has 4 heteroatoms. The Balaban J connectivity index is 0.00000144. The number of carbonyl (C=O) groups excluding carboxylic acids is 1. The minimum absolute atomic E-state index is 0. The number of ether oxygens (including phenoxy) is 1. The fraction of sp³-hybridized carbons (Fsp3) is 0.889. The number of esters is 1. The molecular weight excluding hydrogens is 177 g/mol. The standard InChI is InChI=1S/C9H17NO2.Na/c1-8(11)12-9(7-10)5-3-2-4-6-9;/h2-7,10H2,1H3;. The van der Waals surface area contributed by atoms with Crippen LogP contribution in [0.2, 0.25) is 0 Å². The molecule has 1 fully saturated rings. The molecule has 0 heterocycles. The van der Waals surface area contributed by atoms with Crippen molar-refractivity contribution in [3.05, 3.63) is 0 Å². The van der Waals surface area contributed by atoms with Gasteiger partial charge < -0.3 is 10.5 Å². The molecule has 0 saturated heterocycles. The fourth-order valence-electron chi connectivity index (χ4n) is 1.85. The van der Waals surface area contributed by atoms with Crippen molar-refractivity contribution in [1.29, 1.82) is 0 Å². The summed E-state index contributed by atoms with van der Waals surface area (Å²) in [6, 6.07) is 0. The van der Waals surface area contributed by atoms with Crippen molar-refractivity contribution in [3.8, 4) is 0 Å². The van der Waals surface area contributed by atoms with Crippen LogP contribution in [0.5, 0.6) is 0 Å². The summed E-state index contributed by atoms with van der Waals surface area (Å²) in [5.41, 5.74) is 5.28. The summed E-state index contributed by atoms with van der Waals surface area (Å²) in [6.45, 7) is 1.92. The first kappa shape index (κ1) is 13.4. The third kappa shape index (κ3) is 3.98. The number of hydrogen-bond donors (Lipinski definition) is 1. The normalized spacial score (nSPS) is 20.2. The van der Waals surface area contributed by atoms with Crippen LogP contribution in [0.3, 0.4) is 0 Å². The van der Waals surface area contributed by atoms with E-state index in [1.165, 1.54) is 13.3 Å². The predicted molar refractivity (Wildman–Crippen MR) is 52.4 cm³/mol. The summed E-state index contributed by atoms with van der Waals surface area (Å²) < 4.78 is 5.26. The Morgan fingerprint density at radius 1 is 1.38 bits per heavy atom. The summed E-state index contributed by atoms with van der Waals surface area (Å²) in [5.74, 6) is -0.206. The zero-order chi connectivity index (χ0) is 9.03. The summed E-state index contributed by atoms with van der Waals surface area (Å²) in [5, 5.41) is 0. The Morgan fingerprint density at radius 3 is 2.31 bits per heavy atom. The molecule has 3 nitrogen and oxygen atoms in total. The van der Waals surface area contributed by atoms with E-state index < -0.39 is 0 Å². The molecule has 1 aliphatic carbocycles. The summed E-state index contributed by atoms with van der Waals surface area (Å²) >= 11 is 0. The topological polar surface area (TPSA) is 52.3 Å². The maximum atomic E-state index is 10.8. The molecular formula is C9H17NNaO2. The first-order chi connectivity index (χ1) is 5.68. The summed E-state index contributed by atoms with van der Waals surface area (Å²) in [6.07, 6.45) is 5.37. The zero-order valence-corrected chi connectivity index (χ0v) is 10.6. The molecule has 0 aromatic carbocycles. The molecule has 2 N–H and O–H groups in total. The fourth-order valence-corrected chi connectivity index (χ4v) is 1.85. The van der Waals surface area contributed by atoms with E-state index in [1.807, 2.05) is 0 Å². The van der Waals surface area contributed by atoms with E-state index in [4.69, 9.17) is 10.5 Å². The Hall–Kier alpha value is 0.430. The largest absolute Gasteiger partial charge is 0.458 e. The van der Waals surface area contributed by atoms with E-state index in [0.29, 0.717) is 6.54 Å². The van der Waals surface area contributed by atoms with Gasteiger partial charge in [-0.3, -0.25) is 4.79 Å².